The SMILES string of the molecule is CCCCC1OC1(C)C(=O)O. The molecule has 0 aromatic heterocycles. The van der Waals surface area contributed by atoms with Crippen molar-refractivity contribution in [2.45, 2.75) is 44.8 Å². The maximum absolute atomic E-state index is 10.5. The molecule has 0 saturated carbocycles. The highest BCUT2D eigenvalue weighted by Crippen LogP contribution is 2.39. The van der Waals surface area contributed by atoms with E-state index < -0.39 is 11.6 Å². The van der Waals surface area contributed by atoms with E-state index in [0.29, 0.717) is 0 Å². The van der Waals surface area contributed by atoms with Crippen LogP contribution in [0.5, 0.6) is 0 Å². The van der Waals surface area contributed by atoms with Crippen LogP contribution >= 0.6 is 0 Å². The van der Waals surface area contributed by atoms with Gasteiger partial charge in [0.25, 0.3) is 0 Å². The summed E-state index contributed by atoms with van der Waals surface area (Å²) in [6, 6.07) is 0. The molecule has 2 unspecified atom stereocenters. The Bertz CT molecular complexity index is 167. The first-order valence-corrected chi connectivity index (χ1v) is 4.02. The van der Waals surface area contributed by atoms with Gasteiger partial charge in [0.05, 0.1) is 6.10 Å². The maximum Gasteiger partial charge on any atom is 0.338 e. The molecule has 1 rings (SSSR count). The van der Waals surface area contributed by atoms with Gasteiger partial charge in [0.15, 0.2) is 5.60 Å². The predicted molar refractivity (Wildman–Crippen MR) is 40.4 cm³/mol. The average Bonchev–Trinajstić information content (AvgIpc) is 2.59. The Kier molecular flexibility index (Phi) is 2.18. The molecule has 0 amide bonds. The number of ether oxygens (including phenoxy) is 1. The molecule has 3 heteroatoms. The van der Waals surface area contributed by atoms with Gasteiger partial charge in [-0.1, -0.05) is 19.8 Å². The molecule has 0 aromatic carbocycles. The van der Waals surface area contributed by atoms with Crippen molar-refractivity contribution in [2.24, 2.45) is 0 Å². The zero-order valence-electron chi connectivity index (χ0n) is 6.96. The van der Waals surface area contributed by atoms with Gasteiger partial charge in [-0.05, 0) is 13.3 Å². The van der Waals surface area contributed by atoms with E-state index in [1.165, 1.54) is 0 Å². The van der Waals surface area contributed by atoms with E-state index in [2.05, 4.69) is 6.92 Å². The highest BCUT2D eigenvalue weighted by molar-refractivity contribution is 5.80. The van der Waals surface area contributed by atoms with Crippen molar-refractivity contribution in [3.05, 3.63) is 0 Å². The van der Waals surface area contributed by atoms with Crippen molar-refractivity contribution >= 4 is 5.97 Å². The number of unbranched alkanes of at least 4 members (excludes halogenated alkanes) is 1. The first kappa shape index (κ1) is 8.53. The first-order valence-electron chi connectivity index (χ1n) is 4.02. The lowest BCUT2D eigenvalue weighted by Gasteiger charge is -1.96. The van der Waals surface area contributed by atoms with Gasteiger partial charge in [-0.25, -0.2) is 4.79 Å². The van der Waals surface area contributed by atoms with Crippen molar-refractivity contribution < 1.29 is 14.6 Å². The quantitative estimate of drug-likeness (QED) is 0.629. The number of carbonyl (C=O) groups is 1. The topological polar surface area (TPSA) is 49.8 Å². The van der Waals surface area contributed by atoms with Gasteiger partial charge in [-0.15, -0.1) is 0 Å². The Morgan fingerprint density at radius 3 is 2.73 bits per heavy atom. The number of hydrogen-bond acceptors (Lipinski definition) is 2. The van der Waals surface area contributed by atoms with Crippen LogP contribution < -0.4 is 0 Å². The van der Waals surface area contributed by atoms with Crippen LogP contribution in [0.25, 0.3) is 0 Å². The highest BCUT2D eigenvalue weighted by Gasteiger charge is 2.58. The minimum atomic E-state index is -0.866. The number of epoxide rings is 1. The Morgan fingerprint density at radius 1 is 1.73 bits per heavy atom. The molecular weight excluding hydrogens is 144 g/mol. The van der Waals surface area contributed by atoms with Crippen LogP contribution in [0.2, 0.25) is 0 Å². The molecule has 1 aliphatic heterocycles. The number of hydrogen-bond donors (Lipinski definition) is 1. The Labute approximate surface area is 66.4 Å². The zero-order valence-corrected chi connectivity index (χ0v) is 6.96. The van der Waals surface area contributed by atoms with E-state index in [9.17, 15) is 4.79 Å². The van der Waals surface area contributed by atoms with Gasteiger partial charge in [0, 0.05) is 0 Å². The van der Waals surface area contributed by atoms with Gasteiger partial charge < -0.3 is 9.84 Å². The second-order valence-electron chi connectivity index (χ2n) is 3.16. The molecule has 0 radical (unpaired) electrons. The van der Waals surface area contributed by atoms with Crippen LogP contribution in [-0.2, 0) is 9.53 Å². The smallest absolute Gasteiger partial charge is 0.338 e. The molecule has 0 aliphatic carbocycles. The Hall–Kier alpha value is -0.570. The molecule has 11 heavy (non-hydrogen) atoms. The third kappa shape index (κ3) is 1.53. The van der Waals surface area contributed by atoms with Crippen LogP contribution in [-0.4, -0.2) is 22.8 Å². The second-order valence-corrected chi connectivity index (χ2v) is 3.16. The van der Waals surface area contributed by atoms with Crippen molar-refractivity contribution in [3.8, 4) is 0 Å². The van der Waals surface area contributed by atoms with Gasteiger partial charge >= 0.3 is 5.97 Å². The molecule has 0 bridgehead atoms. The van der Waals surface area contributed by atoms with E-state index in [0.717, 1.165) is 19.3 Å². The number of rotatable bonds is 4. The minimum Gasteiger partial charge on any atom is -0.479 e. The lowest BCUT2D eigenvalue weighted by Crippen LogP contribution is -2.22. The summed E-state index contributed by atoms with van der Waals surface area (Å²) in [7, 11) is 0. The third-order valence-electron chi connectivity index (χ3n) is 2.19. The van der Waals surface area contributed by atoms with Crippen LogP contribution in [0, 0.1) is 0 Å². The van der Waals surface area contributed by atoms with Gasteiger partial charge in [0.2, 0.25) is 0 Å². The molecule has 64 valence electrons. The predicted octanol–water partition coefficient (Wildman–Crippen LogP) is 1.42. The van der Waals surface area contributed by atoms with E-state index in [-0.39, 0.29) is 6.10 Å². The maximum atomic E-state index is 10.5. The number of aliphatic carboxylic acids is 1. The van der Waals surface area contributed by atoms with Crippen molar-refractivity contribution in [2.75, 3.05) is 0 Å². The summed E-state index contributed by atoms with van der Waals surface area (Å²) in [4.78, 5) is 10.5. The summed E-state index contributed by atoms with van der Waals surface area (Å²) in [5.74, 6) is -0.835. The fourth-order valence-corrected chi connectivity index (χ4v) is 1.17. The Balaban J connectivity index is 2.29. The molecule has 1 heterocycles. The summed E-state index contributed by atoms with van der Waals surface area (Å²) in [5, 5.41) is 8.66. The first-order chi connectivity index (χ1) is 5.11. The minimum absolute atomic E-state index is 0.0417. The lowest BCUT2D eigenvalue weighted by molar-refractivity contribution is -0.142. The third-order valence-corrected chi connectivity index (χ3v) is 2.19. The largest absolute Gasteiger partial charge is 0.479 e. The summed E-state index contributed by atoms with van der Waals surface area (Å²) in [6.07, 6.45) is 2.97. The van der Waals surface area contributed by atoms with Gasteiger partial charge in [0.1, 0.15) is 0 Å². The van der Waals surface area contributed by atoms with E-state index in [1.54, 1.807) is 6.92 Å². The molecule has 2 atom stereocenters. The fraction of sp³-hybridized carbons (Fsp3) is 0.875. The lowest BCUT2D eigenvalue weighted by atomic mass is 10.0. The highest BCUT2D eigenvalue weighted by atomic mass is 16.6. The van der Waals surface area contributed by atoms with Crippen LogP contribution in [0.15, 0.2) is 0 Å². The number of carboxylic acids is 1. The molecular formula is C8H14O3. The van der Waals surface area contributed by atoms with Gasteiger partial charge in [-0.2, -0.15) is 0 Å². The summed E-state index contributed by atoms with van der Waals surface area (Å²) >= 11 is 0. The molecule has 0 aromatic rings. The molecule has 1 saturated heterocycles. The van der Waals surface area contributed by atoms with Crippen LogP contribution in [0.4, 0.5) is 0 Å². The van der Waals surface area contributed by atoms with E-state index >= 15 is 0 Å². The summed E-state index contributed by atoms with van der Waals surface area (Å²) in [5.41, 5.74) is -0.866. The number of carboxylic acid groups (broad SMARTS) is 1. The second kappa shape index (κ2) is 2.81. The molecule has 3 nitrogen and oxygen atoms in total. The van der Waals surface area contributed by atoms with Crippen molar-refractivity contribution in [1.82, 2.24) is 0 Å². The zero-order chi connectivity index (χ0) is 8.48. The monoisotopic (exact) mass is 158 g/mol. The molecule has 1 aliphatic rings. The van der Waals surface area contributed by atoms with Crippen LogP contribution in [0.3, 0.4) is 0 Å². The molecule has 1 N–H and O–H groups in total. The molecule has 1 fully saturated rings. The van der Waals surface area contributed by atoms with E-state index in [4.69, 9.17) is 9.84 Å². The summed E-state index contributed by atoms with van der Waals surface area (Å²) < 4.78 is 5.07. The van der Waals surface area contributed by atoms with Crippen molar-refractivity contribution in [1.29, 1.82) is 0 Å². The van der Waals surface area contributed by atoms with Crippen molar-refractivity contribution in [3.63, 3.8) is 0 Å². The van der Waals surface area contributed by atoms with Crippen LogP contribution in [0.1, 0.15) is 33.1 Å². The molecule has 0 spiro atoms. The average molecular weight is 158 g/mol. The normalized spacial score (nSPS) is 35.3. The summed E-state index contributed by atoms with van der Waals surface area (Å²) in [6.45, 7) is 3.72. The standard InChI is InChI=1S/C8H14O3/c1-3-4-5-6-8(2,11-6)7(9)10/h6H,3-5H2,1-2H3,(H,9,10). The van der Waals surface area contributed by atoms with Gasteiger partial charge in [-0.3, -0.25) is 0 Å². The Morgan fingerprint density at radius 2 is 2.36 bits per heavy atom. The van der Waals surface area contributed by atoms with E-state index in [1.807, 2.05) is 0 Å². The fourth-order valence-electron chi connectivity index (χ4n) is 1.17.